The minimum Gasteiger partial charge on any atom is -0.455 e. The Kier molecular flexibility index (Phi) is 9.16. The van der Waals surface area contributed by atoms with Crippen molar-refractivity contribution in [2.75, 3.05) is 9.80 Å². The number of fused-ring (bicyclic) bond motifs is 11. The first kappa shape index (κ1) is 42.0. The van der Waals surface area contributed by atoms with Crippen molar-refractivity contribution in [1.29, 1.82) is 0 Å². The normalized spacial score (nSPS) is 18.2. The highest BCUT2D eigenvalue weighted by Crippen LogP contribution is 2.62. The predicted octanol–water partition coefficient (Wildman–Crippen LogP) is 17.3. The second-order valence-corrected chi connectivity index (χ2v) is 21.4. The molecule has 0 bridgehead atoms. The Morgan fingerprint density at radius 1 is 0.412 bits per heavy atom. The molecule has 3 nitrogen and oxygen atoms in total. The summed E-state index contributed by atoms with van der Waals surface area (Å²) in [4.78, 5) is 4.83. The molecule has 12 rings (SSSR count). The standard InChI is InChI=1S/C65H58N2O/c1-41-37-45(27-20-22-42-21-16-18-29-53(42)62(41,2)3)66(43-23-12-10-13-24-43)47-32-35-51-56(39-47)64(6,7)58-59-61(68-60(51)58)52-36-33-48(40-57(52)65(59,8)9)67(44-25-14-11-15-26-44)46-31-34-50-49-28-17-19-30-54(49)63(4,5)55(50)38-46/h10-21,23-40H,1,22H2,2-9H3/b27-20-,45-37+. The van der Waals surface area contributed by atoms with Crippen LogP contribution in [0.15, 0.2) is 204 Å². The Balaban J connectivity index is 0.937. The smallest absolute Gasteiger partial charge is 0.139 e. The third-order valence-corrected chi connectivity index (χ3v) is 16.1. The average molecular weight is 883 g/mol. The van der Waals surface area contributed by atoms with E-state index >= 15 is 0 Å². The molecule has 8 aromatic rings. The number of para-hydroxylation sites is 2. The molecule has 334 valence electrons. The summed E-state index contributed by atoms with van der Waals surface area (Å²) in [5.41, 5.74) is 22.3. The van der Waals surface area contributed by atoms with Gasteiger partial charge in [0.15, 0.2) is 0 Å². The van der Waals surface area contributed by atoms with Crippen molar-refractivity contribution in [3.8, 4) is 33.8 Å². The molecule has 3 heteroatoms. The molecule has 0 radical (unpaired) electrons. The lowest BCUT2D eigenvalue weighted by Crippen LogP contribution is -2.24. The highest BCUT2D eigenvalue weighted by Gasteiger charge is 2.50. The van der Waals surface area contributed by atoms with Gasteiger partial charge in [-0.1, -0.05) is 159 Å². The van der Waals surface area contributed by atoms with Gasteiger partial charge in [0.05, 0.1) is 0 Å². The maximum Gasteiger partial charge on any atom is 0.139 e. The van der Waals surface area contributed by atoms with Gasteiger partial charge < -0.3 is 14.2 Å². The molecule has 7 aromatic carbocycles. The van der Waals surface area contributed by atoms with Gasteiger partial charge in [0.25, 0.3) is 0 Å². The largest absolute Gasteiger partial charge is 0.455 e. The summed E-state index contributed by atoms with van der Waals surface area (Å²) in [7, 11) is 0. The lowest BCUT2D eigenvalue weighted by molar-refractivity contribution is 0.592. The molecule has 0 saturated heterocycles. The fourth-order valence-corrected chi connectivity index (χ4v) is 12.3. The van der Waals surface area contributed by atoms with Crippen LogP contribution in [0.4, 0.5) is 28.4 Å². The molecule has 4 aliphatic carbocycles. The molecule has 1 heterocycles. The van der Waals surface area contributed by atoms with Crippen molar-refractivity contribution in [3.63, 3.8) is 0 Å². The van der Waals surface area contributed by atoms with Crippen molar-refractivity contribution in [1.82, 2.24) is 0 Å². The third-order valence-electron chi connectivity index (χ3n) is 16.1. The first-order chi connectivity index (χ1) is 32.7. The van der Waals surface area contributed by atoms with Crippen LogP contribution < -0.4 is 9.80 Å². The Bertz CT molecular complexity index is 3450. The first-order valence-electron chi connectivity index (χ1n) is 24.3. The number of hydrogen-bond acceptors (Lipinski definition) is 3. The maximum atomic E-state index is 7.22. The van der Waals surface area contributed by atoms with Gasteiger partial charge in [-0.25, -0.2) is 0 Å². The van der Waals surface area contributed by atoms with Crippen LogP contribution in [-0.2, 0) is 28.1 Å². The van der Waals surface area contributed by atoms with E-state index in [0.717, 1.165) is 57.6 Å². The van der Waals surface area contributed by atoms with Crippen molar-refractivity contribution >= 4 is 28.4 Å². The predicted molar refractivity (Wildman–Crippen MR) is 284 cm³/mol. The fraction of sp³-hybridized carbons (Fsp3) is 0.200. The molecule has 68 heavy (non-hydrogen) atoms. The molecule has 0 fully saturated rings. The monoisotopic (exact) mass is 882 g/mol. The van der Waals surface area contributed by atoms with Gasteiger partial charge in [0.2, 0.25) is 0 Å². The van der Waals surface area contributed by atoms with Crippen LogP contribution in [0.1, 0.15) is 99.9 Å². The van der Waals surface area contributed by atoms with Crippen LogP contribution in [0.5, 0.6) is 0 Å². The number of nitrogens with zero attached hydrogens (tertiary/aromatic N) is 2. The second kappa shape index (κ2) is 14.8. The van der Waals surface area contributed by atoms with E-state index < -0.39 is 0 Å². The van der Waals surface area contributed by atoms with Gasteiger partial charge in [-0.2, -0.15) is 0 Å². The van der Waals surface area contributed by atoms with Gasteiger partial charge >= 0.3 is 0 Å². The van der Waals surface area contributed by atoms with Crippen molar-refractivity contribution in [2.24, 2.45) is 0 Å². The Morgan fingerprint density at radius 2 is 0.868 bits per heavy atom. The lowest BCUT2D eigenvalue weighted by atomic mass is 9.74. The van der Waals surface area contributed by atoms with Crippen molar-refractivity contribution in [3.05, 3.63) is 244 Å². The number of allylic oxidation sites excluding steroid dienone is 4. The number of hydrogen-bond donors (Lipinski definition) is 0. The van der Waals surface area contributed by atoms with Crippen LogP contribution in [0.2, 0.25) is 0 Å². The Hall–Kier alpha value is -7.36. The summed E-state index contributed by atoms with van der Waals surface area (Å²) in [6.45, 7) is 23.6. The van der Waals surface area contributed by atoms with Crippen molar-refractivity contribution < 1.29 is 4.42 Å². The summed E-state index contributed by atoms with van der Waals surface area (Å²) < 4.78 is 7.22. The lowest BCUT2D eigenvalue weighted by Gasteiger charge is -2.32. The van der Waals surface area contributed by atoms with E-state index in [1.54, 1.807) is 0 Å². The summed E-state index contributed by atoms with van der Waals surface area (Å²) in [5.74, 6) is 2.00. The topological polar surface area (TPSA) is 19.6 Å². The molecule has 0 atom stereocenters. The van der Waals surface area contributed by atoms with Crippen molar-refractivity contribution in [2.45, 2.75) is 83.5 Å². The molecule has 4 aliphatic rings. The zero-order valence-electron chi connectivity index (χ0n) is 40.5. The number of benzene rings is 7. The molecule has 0 amide bonds. The van der Waals surface area contributed by atoms with Crippen LogP contribution >= 0.6 is 0 Å². The summed E-state index contributed by atoms with van der Waals surface area (Å²) in [5, 5.41) is 0. The highest BCUT2D eigenvalue weighted by atomic mass is 16.3. The molecule has 0 N–H and O–H groups in total. The zero-order chi connectivity index (χ0) is 46.9. The van der Waals surface area contributed by atoms with E-state index in [1.807, 2.05) is 0 Å². The van der Waals surface area contributed by atoms with E-state index in [0.29, 0.717) is 0 Å². The van der Waals surface area contributed by atoms with E-state index in [2.05, 4.69) is 247 Å². The van der Waals surface area contributed by atoms with E-state index in [-0.39, 0.29) is 21.7 Å². The van der Waals surface area contributed by atoms with E-state index in [9.17, 15) is 0 Å². The Labute approximate surface area is 402 Å². The van der Waals surface area contributed by atoms with Crippen LogP contribution in [0.25, 0.3) is 33.8 Å². The average Bonchev–Trinajstić information content (AvgIpc) is 4.00. The summed E-state index contributed by atoms with van der Waals surface area (Å²) in [6.07, 6.45) is 7.72. The molecular weight excluding hydrogens is 825 g/mol. The van der Waals surface area contributed by atoms with Gasteiger partial charge in [0.1, 0.15) is 11.5 Å². The highest BCUT2D eigenvalue weighted by molar-refractivity contribution is 5.92. The summed E-state index contributed by atoms with van der Waals surface area (Å²) in [6, 6.07) is 60.3. The minimum atomic E-state index is -0.330. The molecule has 0 saturated carbocycles. The van der Waals surface area contributed by atoms with Crippen LogP contribution in [0.3, 0.4) is 0 Å². The van der Waals surface area contributed by atoms with Gasteiger partial charge in [-0.05, 0) is 141 Å². The van der Waals surface area contributed by atoms with Gasteiger partial charge in [-0.3, -0.25) is 0 Å². The quantitative estimate of drug-likeness (QED) is 0.166. The summed E-state index contributed by atoms with van der Waals surface area (Å²) >= 11 is 0. The van der Waals surface area contributed by atoms with E-state index in [4.69, 9.17) is 11.0 Å². The maximum absolute atomic E-state index is 7.22. The SMILES string of the molecule is C=C1/C=C(N(c2ccccc2)c2ccc3c(c2)C(C)(C)c2c-3oc3c2C(C)(C)c2cc(N(c4ccccc4)c4ccc5c(c4)C(C)(C)c4ccccc4-5)ccc2-3)\C=C/Cc2ccccc2C1(C)C. The third kappa shape index (κ3) is 6.04. The van der Waals surface area contributed by atoms with Crippen LogP contribution in [0, 0.1) is 0 Å². The zero-order valence-corrected chi connectivity index (χ0v) is 40.5. The molecule has 0 spiro atoms. The second-order valence-electron chi connectivity index (χ2n) is 21.4. The molecule has 1 aromatic heterocycles. The fourth-order valence-electron chi connectivity index (χ4n) is 12.3. The van der Waals surface area contributed by atoms with E-state index in [1.165, 1.54) is 66.8 Å². The molecular formula is C65H58N2O. The number of rotatable bonds is 6. The van der Waals surface area contributed by atoms with Gasteiger partial charge in [0, 0.05) is 78.0 Å². The first-order valence-corrected chi connectivity index (χ1v) is 24.3. The molecule has 0 unspecified atom stereocenters. The van der Waals surface area contributed by atoms with Gasteiger partial charge in [-0.15, -0.1) is 0 Å². The number of anilines is 5. The number of furan rings is 1. The molecule has 0 aliphatic heterocycles. The minimum absolute atomic E-state index is 0.105. The van der Waals surface area contributed by atoms with Crippen LogP contribution in [-0.4, -0.2) is 0 Å². The Morgan fingerprint density at radius 3 is 1.46 bits per heavy atom.